The number of amides is 2. The Labute approximate surface area is 93.1 Å². The van der Waals surface area contributed by atoms with Gasteiger partial charge in [0.05, 0.1) is 5.69 Å². The third kappa shape index (κ3) is 3.02. The summed E-state index contributed by atoms with van der Waals surface area (Å²) < 4.78 is 0. The normalized spacial score (nSPS) is 10.9. The van der Waals surface area contributed by atoms with E-state index in [4.69, 9.17) is 17.3 Å². The van der Waals surface area contributed by atoms with E-state index in [1.807, 2.05) is 26.0 Å². The van der Waals surface area contributed by atoms with Crippen molar-refractivity contribution in [3.05, 3.63) is 28.8 Å². The first-order valence-electron chi connectivity index (χ1n) is 4.42. The van der Waals surface area contributed by atoms with Gasteiger partial charge in [-0.2, -0.15) is 0 Å². The average molecular weight is 226 g/mol. The molecule has 2 amide bonds. The van der Waals surface area contributed by atoms with Crippen molar-refractivity contribution in [2.24, 2.45) is 16.0 Å². The van der Waals surface area contributed by atoms with Gasteiger partial charge in [-0.15, -0.1) is 16.7 Å². The minimum absolute atomic E-state index is 0.463. The summed E-state index contributed by atoms with van der Waals surface area (Å²) in [5, 5.41) is 6.97. The molecule has 4 nitrogen and oxygen atoms in total. The highest BCUT2D eigenvalue weighted by atomic mass is 35.5. The maximum absolute atomic E-state index is 10.4. The summed E-state index contributed by atoms with van der Waals surface area (Å²) in [6.45, 7) is 3.88. The molecule has 1 rings (SSSR count). The summed E-state index contributed by atoms with van der Waals surface area (Å²) in [6, 6.07) is 2.83. The highest BCUT2D eigenvalue weighted by Gasteiger charge is 2.03. The summed E-state index contributed by atoms with van der Waals surface area (Å²) in [5.41, 5.74) is 8.60. The Hall–Kier alpha value is -1.42. The molecule has 15 heavy (non-hydrogen) atoms. The van der Waals surface area contributed by atoms with Crippen molar-refractivity contribution < 1.29 is 4.79 Å². The largest absolute Gasteiger partial charge is 0.356 e. The van der Waals surface area contributed by atoms with Crippen LogP contribution in [0.5, 0.6) is 0 Å². The number of hydrogen-bond donors (Lipinski definition) is 1. The lowest BCUT2D eigenvalue weighted by molar-refractivity contribution is 0.255. The minimum atomic E-state index is -0.799. The Balaban J connectivity index is 3.09. The molecular weight excluding hydrogens is 214 g/mol. The number of azo groups is 1. The van der Waals surface area contributed by atoms with E-state index in [9.17, 15) is 4.79 Å². The number of primary amides is 1. The van der Waals surface area contributed by atoms with E-state index in [1.54, 1.807) is 0 Å². The Kier molecular flexibility index (Phi) is 3.80. The number of nitrogens with two attached hydrogens (primary N) is 1. The molecule has 0 unspecified atom stereocenters. The zero-order chi connectivity index (χ0) is 11.4. The molecule has 0 aliphatic carbocycles. The molecule has 0 saturated heterocycles. The summed E-state index contributed by atoms with van der Waals surface area (Å²) in [5.74, 6) is 0.463. The molecule has 0 aliphatic rings. The van der Waals surface area contributed by atoms with E-state index in [-0.39, 0.29) is 0 Å². The Morgan fingerprint density at radius 2 is 1.93 bits per heavy atom. The average Bonchev–Trinajstić information content (AvgIpc) is 2.14. The molecule has 0 fully saturated rings. The topological polar surface area (TPSA) is 67.8 Å². The van der Waals surface area contributed by atoms with Crippen molar-refractivity contribution in [2.45, 2.75) is 19.7 Å². The zero-order valence-corrected chi connectivity index (χ0v) is 9.38. The van der Waals surface area contributed by atoms with E-state index in [1.165, 1.54) is 0 Å². The first-order valence-corrected chi connectivity index (χ1v) is 4.95. The van der Waals surface area contributed by atoms with Crippen LogP contribution in [0.3, 0.4) is 0 Å². The first-order chi connectivity index (χ1) is 7.04. The van der Waals surface area contributed by atoms with Gasteiger partial charge in [0.25, 0.3) is 0 Å². The fraction of sp³-hybridized carbons (Fsp3) is 0.300. The third-order valence-electron chi connectivity index (χ3n) is 2.08. The second-order valence-electron chi connectivity index (χ2n) is 3.23. The van der Waals surface area contributed by atoms with Crippen LogP contribution in [0.2, 0.25) is 0 Å². The lowest BCUT2D eigenvalue weighted by Gasteiger charge is -2.06. The molecular formula is C10H12ClN3O. The van der Waals surface area contributed by atoms with Gasteiger partial charge in [0.2, 0.25) is 0 Å². The van der Waals surface area contributed by atoms with Crippen LogP contribution >= 0.6 is 11.6 Å². The van der Waals surface area contributed by atoms with Gasteiger partial charge in [-0.05, 0) is 42.7 Å². The number of alkyl halides is 1. The molecule has 0 bridgehead atoms. The fourth-order valence-electron chi connectivity index (χ4n) is 1.35. The van der Waals surface area contributed by atoms with Crippen LogP contribution in [-0.4, -0.2) is 6.03 Å². The molecule has 2 N–H and O–H groups in total. The highest BCUT2D eigenvalue weighted by molar-refractivity contribution is 6.17. The number of halogens is 1. The summed E-state index contributed by atoms with van der Waals surface area (Å²) in [6.07, 6.45) is 0. The Bertz CT molecular complexity index is 392. The van der Waals surface area contributed by atoms with E-state index in [0.717, 1.165) is 16.7 Å². The maximum atomic E-state index is 10.4. The summed E-state index contributed by atoms with van der Waals surface area (Å²) >= 11 is 5.79. The number of hydrogen-bond acceptors (Lipinski definition) is 2. The zero-order valence-electron chi connectivity index (χ0n) is 8.62. The number of rotatable bonds is 2. The second kappa shape index (κ2) is 4.89. The molecule has 0 atom stereocenters. The van der Waals surface area contributed by atoms with Crippen molar-refractivity contribution in [3.8, 4) is 0 Å². The molecule has 0 spiro atoms. The lowest BCUT2D eigenvalue weighted by Crippen LogP contribution is -2.02. The highest BCUT2D eigenvalue weighted by Crippen LogP contribution is 2.23. The van der Waals surface area contributed by atoms with Gasteiger partial charge in [0.1, 0.15) is 0 Å². The summed E-state index contributed by atoms with van der Waals surface area (Å²) in [4.78, 5) is 10.4. The number of urea groups is 1. The minimum Gasteiger partial charge on any atom is -0.348 e. The van der Waals surface area contributed by atoms with Gasteiger partial charge >= 0.3 is 6.03 Å². The Morgan fingerprint density at radius 3 is 2.33 bits per heavy atom. The van der Waals surface area contributed by atoms with E-state index in [0.29, 0.717) is 11.6 Å². The van der Waals surface area contributed by atoms with Crippen LogP contribution in [0.1, 0.15) is 16.7 Å². The van der Waals surface area contributed by atoms with Crippen molar-refractivity contribution in [1.82, 2.24) is 0 Å². The molecule has 0 aliphatic heterocycles. The van der Waals surface area contributed by atoms with Gasteiger partial charge in [-0.25, -0.2) is 4.79 Å². The van der Waals surface area contributed by atoms with Crippen LogP contribution in [0, 0.1) is 13.8 Å². The van der Waals surface area contributed by atoms with Gasteiger partial charge < -0.3 is 5.73 Å². The molecule has 1 aromatic carbocycles. The molecule has 1 aromatic rings. The van der Waals surface area contributed by atoms with Gasteiger partial charge in [-0.3, -0.25) is 0 Å². The standard InChI is InChI=1S/C10H12ClN3O/c1-6-3-8(13-14-10(12)15)4-7(2)9(6)5-11/h3-4H,5H2,1-2H3,(H2,12,15). The monoisotopic (exact) mass is 225 g/mol. The van der Waals surface area contributed by atoms with Crippen LogP contribution < -0.4 is 5.73 Å². The molecule has 80 valence electrons. The number of benzene rings is 1. The molecule has 5 heteroatoms. The van der Waals surface area contributed by atoms with Crippen molar-refractivity contribution in [1.29, 1.82) is 0 Å². The Morgan fingerprint density at radius 1 is 1.40 bits per heavy atom. The number of aryl methyl sites for hydroxylation is 2. The van der Waals surface area contributed by atoms with Crippen molar-refractivity contribution in [3.63, 3.8) is 0 Å². The predicted octanol–water partition coefficient (Wildman–Crippen LogP) is 3.20. The quantitative estimate of drug-likeness (QED) is 0.610. The van der Waals surface area contributed by atoms with E-state index in [2.05, 4.69) is 10.2 Å². The summed E-state index contributed by atoms with van der Waals surface area (Å²) in [7, 11) is 0. The maximum Gasteiger partial charge on any atom is 0.356 e. The number of carbonyl (C=O) groups excluding carboxylic acids is 1. The lowest BCUT2D eigenvalue weighted by atomic mass is 10.0. The third-order valence-corrected chi connectivity index (χ3v) is 2.35. The predicted molar refractivity (Wildman–Crippen MR) is 59.6 cm³/mol. The van der Waals surface area contributed by atoms with E-state index >= 15 is 0 Å². The van der Waals surface area contributed by atoms with Crippen LogP contribution in [0.25, 0.3) is 0 Å². The molecule has 0 heterocycles. The van der Waals surface area contributed by atoms with E-state index < -0.39 is 6.03 Å². The first kappa shape index (κ1) is 11.7. The van der Waals surface area contributed by atoms with Crippen LogP contribution in [-0.2, 0) is 5.88 Å². The van der Waals surface area contributed by atoms with Crippen LogP contribution in [0.15, 0.2) is 22.4 Å². The molecule has 0 radical (unpaired) electrons. The molecule has 0 saturated carbocycles. The van der Waals surface area contributed by atoms with Gasteiger partial charge in [0.15, 0.2) is 0 Å². The van der Waals surface area contributed by atoms with Gasteiger partial charge in [-0.1, -0.05) is 5.11 Å². The second-order valence-corrected chi connectivity index (χ2v) is 3.50. The SMILES string of the molecule is Cc1cc(N=NC(N)=O)cc(C)c1CCl. The molecule has 0 aromatic heterocycles. The smallest absolute Gasteiger partial charge is 0.348 e. The van der Waals surface area contributed by atoms with Crippen molar-refractivity contribution >= 4 is 23.3 Å². The van der Waals surface area contributed by atoms with Gasteiger partial charge in [0, 0.05) is 5.88 Å². The van der Waals surface area contributed by atoms with Crippen molar-refractivity contribution in [2.75, 3.05) is 0 Å². The fourth-order valence-corrected chi connectivity index (χ4v) is 1.77. The number of nitrogens with zero attached hydrogens (tertiary/aromatic N) is 2. The van der Waals surface area contributed by atoms with Crippen LogP contribution in [0.4, 0.5) is 10.5 Å². The number of carbonyl (C=O) groups is 1.